The Labute approximate surface area is 193 Å². The van der Waals surface area contributed by atoms with Gasteiger partial charge >= 0.3 is 35.5 Å². The Bertz CT molecular complexity index is 778. The second-order valence-corrected chi connectivity index (χ2v) is 6.75. The number of phosphoric acid groups is 1. The third kappa shape index (κ3) is 9.90. The molecule has 0 spiro atoms. The van der Waals surface area contributed by atoms with Crippen molar-refractivity contribution in [3.63, 3.8) is 0 Å². The molecule has 0 amide bonds. The topological polar surface area (TPSA) is 113 Å². The first kappa shape index (κ1) is 27.8. The maximum atomic E-state index is 12.0. The van der Waals surface area contributed by atoms with Gasteiger partial charge in [0.2, 0.25) is 0 Å². The first-order valence-corrected chi connectivity index (χ1v) is 10.1. The van der Waals surface area contributed by atoms with Crippen molar-refractivity contribution in [1.82, 2.24) is 4.90 Å². The summed E-state index contributed by atoms with van der Waals surface area (Å²) in [6, 6.07) is 0. The monoisotopic (exact) mass is 434 g/mol. The predicted molar refractivity (Wildman–Crippen MR) is 100 cm³/mol. The van der Waals surface area contributed by atoms with Gasteiger partial charge in [0, 0.05) is 17.9 Å². The van der Waals surface area contributed by atoms with Crippen molar-refractivity contribution in [2.45, 2.75) is 20.8 Å². The number of esters is 1. The molecule has 1 N–H and O–H groups in total. The SMILES string of the molecule is [C-]#[N+]/C(C(=O)OCC)=C1\C=C(C)N(CCOCCOP(=O)([O-])O)C(/C=C/C)=C1.[Na+]. The Kier molecular flexibility index (Phi) is 13.3. The van der Waals surface area contributed by atoms with Crippen LogP contribution in [0.15, 0.2) is 47.0 Å². The second-order valence-electron chi connectivity index (χ2n) is 5.56. The van der Waals surface area contributed by atoms with Gasteiger partial charge in [-0.15, -0.1) is 0 Å². The summed E-state index contributed by atoms with van der Waals surface area (Å²) in [4.78, 5) is 36.2. The zero-order chi connectivity index (χ0) is 21.2. The van der Waals surface area contributed by atoms with Crippen LogP contribution in [0.5, 0.6) is 0 Å². The number of allylic oxidation sites excluding steroid dienone is 6. The first-order valence-electron chi connectivity index (χ1n) is 8.58. The summed E-state index contributed by atoms with van der Waals surface area (Å²) in [5, 5.41) is 0. The Morgan fingerprint density at radius 2 is 2.07 bits per heavy atom. The van der Waals surface area contributed by atoms with Gasteiger partial charge in [-0.05, 0) is 44.6 Å². The first-order chi connectivity index (χ1) is 13.2. The minimum absolute atomic E-state index is 0. The van der Waals surface area contributed by atoms with E-state index < -0.39 is 13.8 Å². The summed E-state index contributed by atoms with van der Waals surface area (Å²) in [5.41, 5.74) is 1.96. The van der Waals surface area contributed by atoms with Crippen LogP contribution in [0.2, 0.25) is 0 Å². The molecule has 1 aliphatic rings. The molecule has 0 saturated heterocycles. The fourth-order valence-corrected chi connectivity index (χ4v) is 2.74. The third-order valence-corrected chi connectivity index (χ3v) is 4.05. The van der Waals surface area contributed by atoms with Crippen LogP contribution >= 0.6 is 7.82 Å². The fourth-order valence-electron chi connectivity index (χ4n) is 2.43. The number of phosphoric ester groups is 1. The van der Waals surface area contributed by atoms with Crippen LogP contribution in [-0.4, -0.2) is 48.7 Å². The molecule has 1 heterocycles. The number of ether oxygens (including phenoxy) is 2. The number of carbonyl (C=O) groups is 1. The number of carbonyl (C=O) groups excluding carboxylic acids is 1. The van der Waals surface area contributed by atoms with E-state index in [0.717, 1.165) is 11.4 Å². The molecule has 0 aromatic carbocycles. The van der Waals surface area contributed by atoms with Gasteiger partial charge in [-0.3, -0.25) is 9.36 Å². The van der Waals surface area contributed by atoms with Crippen LogP contribution in [0.1, 0.15) is 20.8 Å². The minimum atomic E-state index is -4.74. The number of hydrogen-bond donors (Lipinski definition) is 1. The van der Waals surface area contributed by atoms with E-state index in [2.05, 4.69) is 9.37 Å². The molecule has 1 atom stereocenters. The van der Waals surface area contributed by atoms with Crippen LogP contribution < -0.4 is 34.5 Å². The molecule has 9 nitrogen and oxygen atoms in total. The molecule has 0 radical (unpaired) electrons. The van der Waals surface area contributed by atoms with E-state index >= 15 is 0 Å². The number of nitrogens with zero attached hydrogens (tertiary/aromatic N) is 2. The van der Waals surface area contributed by atoms with Crippen molar-refractivity contribution in [2.75, 3.05) is 33.0 Å². The van der Waals surface area contributed by atoms with Crippen LogP contribution in [0, 0.1) is 6.57 Å². The zero-order valence-electron chi connectivity index (χ0n) is 17.1. The van der Waals surface area contributed by atoms with Gasteiger partial charge in [0.15, 0.2) is 0 Å². The van der Waals surface area contributed by atoms with E-state index in [1.54, 1.807) is 19.1 Å². The standard InChI is InChI=1S/C18H25N2O7P.Na/c1-5-7-16-13-15(17(19-4)18(21)26-6-2)12-14(3)20(16)8-9-25-10-11-27-28(22,23)24;/h5,7,12-13H,6,8-11H2,1-3H3,(H2,22,23,24);/q;+1/p-1/b7-5+,17-15+;. The van der Waals surface area contributed by atoms with Crippen molar-refractivity contribution in [3.05, 3.63) is 58.4 Å². The van der Waals surface area contributed by atoms with Crippen LogP contribution in [0.3, 0.4) is 0 Å². The van der Waals surface area contributed by atoms with Crippen LogP contribution in [0.25, 0.3) is 4.85 Å². The van der Waals surface area contributed by atoms with E-state index in [9.17, 15) is 14.3 Å². The quantitative estimate of drug-likeness (QED) is 0.115. The summed E-state index contributed by atoms with van der Waals surface area (Å²) in [5.74, 6) is -0.663. The molecule has 0 fully saturated rings. The maximum Gasteiger partial charge on any atom is 1.00 e. The van der Waals surface area contributed by atoms with Gasteiger partial charge in [-0.1, -0.05) is 6.08 Å². The second kappa shape index (κ2) is 13.9. The minimum Gasteiger partial charge on any atom is -0.756 e. The van der Waals surface area contributed by atoms with Crippen molar-refractivity contribution >= 4 is 13.8 Å². The molecule has 29 heavy (non-hydrogen) atoms. The Balaban J connectivity index is 0.00000784. The summed E-state index contributed by atoms with van der Waals surface area (Å²) in [6.45, 7) is 13.3. The zero-order valence-corrected chi connectivity index (χ0v) is 20.0. The molecule has 0 aliphatic carbocycles. The van der Waals surface area contributed by atoms with Gasteiger partial charge in [-0.25, -0.2) is 4.85 Å². The Hall–Kier alpha value is -1.21. The Morgan fingerprint density at radius 3 is 2.62 bits per heavy atom. The number of rotatable bonds is 10. The van der Waals surface area contributed by atoms with E-state index in [4.69, 9.17) is 20.9 Å². The van der Waals surface area contributed by atoms with Crippen LogP contribution in [-0.2, 0) is 23.4 Å². The summed E-state index contributed by atoms with van der Waals surface area (Å²) in [7, 11) is -4.74. The molecule has 1 rings (SSSR count). The average molecular weight is 434 g/mol. The molecular formula is C18H24N2NaO7P. The normalized spacial score (nSPS) is 17.6. The molecule has 154 valence electrons. The Morgan fingerprint density at radius 1 is 1.38 bits per heavy atom. The largest absolute Gasteiger partial charge is 1.00 e. The van der Waals surface area contributed by atoms with Gasteiger partial charge in [-0.2, -0.15) is 0 Å². The average Bonchev–Trinajstić information content (AvgIpc) is 2.60. The van der Waals surface area contributed by atoms with Crippen molar-refractivity contribution < 1.29 is 62.7 Å². The van der Waals surface area contributed by atoms with Crippen molar-refractivity contribution in [1.29, 1.82) is 0 Å². The van der Waals surface area contributed by atoms with E-state index in [-0.39, 0.29) is 61.7 Å². The fraction of sp³-hybridized carbons (Fsp3) is 0.444. The number of hydrogen-bond acceptors (Lipinski definition) is 7. The molecular weight excluding hydrogens is 410 g/mol. The van der Waals surface area contributed by atoms with Crippen molar-refractivity contribution in [2.24, 2.45) is 0 Å². The smallest absolute Gasteiger partial charge is 0.756 e. The maximum absolute atomic E-state index is 12.0. The predicted octanol–water partition coefficient (Wildman–Crippen LogP) is -1.10. The van der Waals surface area contributed by atoms with Gasteiger partial charge in [0.05, 0.1) is 33.0 Å². The third-order valence-electron chi connectivity index (χ3n) is 3.54. The molecule has 11 heteroatoms. The van der Waals surface area contributed by atoms with Gasteiger partial charge in [0.1, 0.15) is 0 Å². The molecule has 1 unspecified atom stereocenters. The van der Waals surface area contributed by atoms with Gasteiger partial charge < -0.3 is 28.7 Å². The summed E-state index contributed by atoms with van der Waals surface area (Å²) in [6.07, 6.45) is 7.12. The van der Waals surface area contributed by atoms with Gasteiger partial charge in [0.25, 0.3) is 13.5 Å². The van der Waals surface area contributed by atoms with E-state index in [0.29, 0.717) is 12.1 Å². The van der Waals surface area contributed by atoms with E-state index in [1.807, 2.05) is 30.9 Å². The molecule has 0 saturated carbocycles. The van der Waals surface area contributed by atoms with Crippen molar-refractivity contribution in [3.8, 4) is 0 Å². The molecule has 1 aliphatic heterocycles. The molecule has 0 aromatic rings. The summed E-state index contributed by atoms with van der Waals surface area (Å²) >= 11 is 0. The summed E-state index contributed by atoms with van der Waals surface area (Å²) < 4.78 is 24.9. The molecule has 0 aromatic heterocycles. The van der Waals surface area contributed by atoms with Crippen LogP contribution in [0.4, 0.5) is 0 Å². The molecule has 0 bridgehead atoms. The van der Waals surface area contributed by atoms with E-state index in [1.165, 1.54) is 0 Å².